The van der Waals surface area contributed by atoms with Crippen molar-refractivity contribution in [3.63, 3.8) is 0 Å². The molecule has 0 aromatic heterocycles. The first kappa shape index (κ1) is 17.7. The second-order valence-electron chi connectivity index (χ2n) is 5.33. The molecule has 0 spiro atoms. The first-order chi connectivity index (χ1) is 11.3. The van der Waals surface area contributed by atoms with Gasteiger partial charge < -0.3 is 5.32 Å². The van der Waals surface area contributed by atoms with Crippen molar-refractivity contribution in [3.8, 4) is 0 Å². The Bertz CT molecular complexity index is 876. The number of nitrogens with one attached hydrogen (secondary N) is 2. The summed E-state index contributed by atoms with van der Waals surface area (Å²) >= 11 is 0. The Morgan fingerprint density at radius 1 is 1.04 bits per heavy atom. The Balaban J connectivity index is 2.13. The molecule has 24 heavy (non-hydrogen) atoms. The van der Waals surface area contributed by atoms with Crippen molar-refractivity contribution < 1.29 is 18.0 Å². The number of rotatable bonds is 7. The topological polar surface area (TPSA) is 92.3 Å². The lowest BCUT2D eigenvalue weighted by Crippen LogP contribution is -2.18. The van der Waals surface area contributed by atoms with Crippen LogP contribution in [0.15, 0.2) is 48.5 Å². The predicted molar refractivity (Wildman–Crippen MR) is 94.2 cm³/mol. The van der Waals surface area contributed by atoms with Gasteiger partial charge in [0.1, 0.15) is 0 Å². The summed E-state index contributed by atoms with van der Waals surface area (Å²) < 4.78 is 25.1. The fraction of sp³-hybridized carbons (Fsp3) is 0.176. The Morgan fingerprint density at radius 2 is 1.75 bits per heavy atom. The van der Waals surface area contributed by atoms with Crippen LogP contribution in [-0.2, 0) is 10.0 Å². The van der Waals surface area contributed by atoms with Crippen LogP contribution < -0.4 is 10.0 Å². The smallest absolute Gasteiger partial charge is 0.229 e. The summed E-state index contributed by atoms with van der Waals surface area (Å²) in [5.74, 6) is -0.331. The molecule has 7 heteroatoms. The lowest BCUT2D eigenvalue weighted by Gasteiger charge is -2.11. The van der Waals surface area contributed by atoms with Gasteiger partial charge in [0.2, 0.25) is 10.0 Å². The number of para-hydroxylation sites is 1. The van der Waals surface area contributed by atoms with Crippen LogP contribution in [0.3, 0.4) is 0 Å². The van der Waals surface area contributed by atoms with Crippen molar-refractivity contribution in [3.05, 3.63) is 59.7 Å². The van der Waals surface area contributed by atoms with Crippen LogP contribution in [0.5, 0.6) is 0 Å². The van der Waals surface area contributed by atoms with E-state index in [2.05, 4.69) is 10.0 Å². The third-order valence-corrected chi connectivity index (χ3v) is 3.84. The highest BCUT2D eigenvalue weighted by Gasteiger charge is 2.13. The van der Waals surface area contributed by atoms with E-state index >= 15 is 0 Å². The van der Waals surface area contributed by atoms with Gasteiger partial charge in [0.05, 0.1) is 18.5 Å². The standard InChI is InChI=1S/C17H18N2O4S/c1-12(20)13-6-5-7-14(10-13)18-11-17(21)15-8-3-4-9-16(15)19-24(2,22)23/h3-10,18-19H,11H2,1-2H3. The van der Waals surface area contributed by atoms with E-state index < -0.39 is 10.0 Å². The molecule has 126 valence electrons. The van der Waals surface area contributed by atoms with E-state index in [0.29, 0.717) is 11.3 Å². The van der Waals surface area contributed by atoms with Gasteiger partial charge in [-0.2, -0.15) is 0 Å². The van der Waals surface area contributed by atoms with Gasteiger partial charge in [-0.25, -0.2) is 8.42 Å². The van der Waals surface area contributed by atoms with Crippen LogP contribution in [0.25, 0.3) is 0 Å². The van der Waals surface area contributed by atoms with Crippen molar-refractivity contribution in [1.82, 2.24) is 0 Å². The lowest BCUT2D eigenvalue weighted by atomic mass is 10.1. The van der Waals surface area contributed by atoms with Crippen molar-refractivity contribution in [2.75, 3.05) is 22.8 Å². The summed E-state index contributed by atoms with van der Waals surface area (Å²) in [6.45, 7) is 1.45. The lowest BCUT2D eigenvalue weighted by molar-refractivity contribution is 0.100. The quantitative estimate of drug-likeness (QED) is 0.752. The summed E-state index contributed by atoms with van der Waals surface area (Å²) in [5, 5.41) is 2.95. The summed E-state index contributed by atoms with van der Waals surface area (Å²) in [6.07, 6.45) is 1.03. The predicted octanol–water partition coefficient (Wildman–Crippen LogP) is 2.56. The normalized spacial score (nSPS) is 10.9. The largest absolute Gasteiger partial charge is 0.378 e. The molecule has 2 aromatic rings. The summed E-state index contributed by atoms with van der Waals surface area (Å²) in [6, 6.07) is 13.2. The highest BCUT2D eigenvalue weighted by molar-refractivity contribution is 7.92. The molecule has 2 N–H and O–H groups in total. The van der Waals surface area contributed by atoms with Crippen molar-refractivity contribution in [1.29, 1.82) is 0 Å². The number of ketones is 2. The molecule has 0 bridgehead atoms. The van der Waals surface area contributed by atoms with Crippen LogP contribution in [0.2, 0.25) is 0 Å². The summed E-state index contributed by atoms with van der Waals surface area (Å²) in [5.41, 5.74) is 1.71. The zero-order valence-corrected chi connectivity index (χ0v) is 14.2. The van der Waals surface area contributed by atoms with Crippen molar-refractivity contribution in [2.24, 2.45) is 0 Å². The molecule has 0 aliphatic carbocycles. The molecule has 0 amide bonds. The van der Waals surface area contributed by atoms with Crippen LogP contribution in [0.1, 0.15) is 27.6 Å². The number of carbonyl (C=O) groups is 2. The van der Waals surface area contributed by atoms with Gasteiger partial charge in [-0.3, -0.25) is 14.3 Å². The Hall–Kier alpha value is -2.67. The van der Waals surface area contributed by atoms with E-state index in [1.54, 1.807) is 42.5 Å². The number of benzene rings is 2. The molecule has 6 nitrogen and oxygen atoms in total. The van der Waals surface area contributed by atoms with Gasteiger partial charge in [0.15, 0.2) is 11.6 Å². The molecule has 2 rings (SSSR count). The number of carbonyl (C=O) groups excluding carboxylic acids is 2. The molecule has 0 radical (unpaired) electrons. The van der Waals surface area contributed by atoms with E-state index in [4.69, 9.17) is 0 Å². The number of Topliss-reactive ketones (excluding diaryl/α,β-unsaturated/α-hetero) is 2. The van der Waals surface area contributed by atoms with Gasteiger partial charge in [0, 0.05) is 16.8 Å². The van der Waals surface area contributed by atoms with Crippen LogP contribution in [0.4, 0.5) is 11.4 Å². The first-order valence-electron chi connectivity index (χ1n) is 7.21. The van der Waals surface area contributed by atoms with Gasteiger partial charge >= 0.3 is 0 Å². The molecular weight excluding hydrogens is 328 g/mol. The van der Waals surface area contributed by atoms with Gasteiger partial charge in [-0.05, 0) is 31.2 Å². The molecule has 0 saturated heterocycles. The SMILES string of the molecule is CC(=O)c1cccc(NCC(=O)c2ccccc2NS(C)(=O)=O)c1. The van der Waals surface area contributed by atoms with E-state index in [-0.39, 0.29) is 29.4 Å². The molecule has 0 atom stereocenters. The Kier molecular flexibility index (Phi) is 5.35. The van der Waals surface area contributed by atoms with Crippen molar-refractivity contribution >= 4 is 33.0 Å². The second-order valence-corrected chi connectivity index (χ2v) is 7.08. The first-order valence-corrected chi connectivity index (χ1v) is 9.10. The number of hydrogen-bond acceptors (Lipinski definition) is 5. The number of sulfonamides is 1. The zero-order chi connectivity index (χ0) is 17.7. The van der Waals surface area contributed by atoms with Gasteiger partial charge in [-0.15, -0.1) is 0 Å². The number of anilines is 2. The van der Waals surface area contributed by atoms with Gasteiger partial charge in [-0.1, -0.05) is 24.3 Å². The van der Waals surface area contributed by atoms with E-state index in [1.165, 1.54) is 13.0 Å². The maximum atomic E-state index is 12.4. The summed E-state index contributed by atoms with van der Waals surface area (Å²) in [4.78, 5) is 23.8. The second kappa shape index (κ2) is 7.27. The number of hydrogen-bond donors (Lipinski definition) is 2. The van der Waals surface area contributed by atoms with Gasteiger partial charge in [0.25, 0.3) is 0 Å². The van der Waals surface area contributed by atoms with E-state index in [9.17, 15) is 18.0 Å². The maximum Gasteiger partial charge on any atom is 0.229 e. The van der Waals surface area contributed by atoms with Crippen LogP contribution in [-0.4, -0.2) is 32.8 Å². The third-order valence-electron chi connectivity index (χ3n) is 3.24. The van der Waals surface area contributed by atoms with Crippen molar-refractivity contribution in [2.45, 2.75) is 6.92 Å². The molecule has 0 heterocycles. The fourth-order valence-electron chi connectivity index (χ4n) is 2.14. The monoisotopic (exact) mass is 346 g/mol. The van der Waals surface area contributed by atoms with E-state index in [1.807, 2.05) is 0 Å². The molecule has 0 saturated carbocycles. The van der Waals surface area contributed by atoms with Crippen LogP contribution in [0, 0.1) is 0 Å². The Labute approximate surface area is 140 Å². The summed E-state index contributed by atoms with van der Waals surface area (Å²) in [7, 11) is -3.48. The maximum absolute atomic E-state index is 12.4. The minimum absolute atomic E-state index is 0.0240. The molecular formula is C17H18N2O4S. The third kappa shape index (κ3) is 4.92. The molecule has 0 aliphatic rings. The fourth-order valence-corrected chi connectivity index (χ4v) is 2.72. The van der Waals surface area contributed by atoms with Crippen LogP contribution >= 0.6 is 0 Å². The average molecular weight is 346 g/mol. The molecule has 0 aliphatic heterocycles. The van der Waals surface area contributed by atoms with E-state index in [0.717, 1.165) is 6.26 Å². The minimum Gasteiger partial charge on any atom is -0.378 e. The molecule has 0 fully saturated rings. The highest BCUT2D eigenvalue weighted by Crippen LogP contribution is 2.18. The minimum atomic E-state index is -3.48. The highest BCUT2D eigenvalue weighted by atomic mass is 32.2. The molecule has 0 unspecified atom stereocenters. The molecule has 2 aromatic carbocycles. The average Bonchev–Trinajstić information content (AvgIpc) is 2.52. The Morgan fingerprint density at radius 3 is 2.42 bits per heavy atom. The zero-order valence-electron chi connectivity index (χ0n) is 13.4.